The minimum atomic E-state index is -0.848. The number of carboxylic acid groups (broad SMARTS) is 1. The Morgan fingerprint density at radius 3 is 2.33 bits per heavy atom. The second-order valence-corrected chi connectivity index (χ2v) is 5.38. The van der Waals surface area contributed by atoms with Crippen LogP contribution in [0.15, 0.2) is 24.3 Å². The van der Waals surface area contributed by atoms with Gasteiger partial charge in [0, 0.05) is 19.1 Å². The lowest BCUT2D eigenvalue weighted by atomic mass is 10.1. The molecular weight excluding hydrogens is 226 g/mol. The average molecular weight is 249 g/mol. The lowest BCUT2D eigenvalue weighted by molar-refractivity contribution is 0.0693. The van der Waals surface area contributed by atoms with E-state index in [1.54, 1.807) is 12.1 Å². The predicted octanol–water partition coefficient (Wildman–Crippen LogP) is 3.25. The molecule has 0 saturated heterocycles. The summed E-state index contributed by atoms with van der Waals surface area (Å²) in [5.74, 6) is -0.275. The van der Waals surface area contributed by atoms with Crippen molar-refractivity contribution < 1.29 is 9.90 Å². The van der Waals surface area contributed by atoms with Crippen LogP contribution in [0.4, 0.5) is 0 Å². The first-order chi connectivity index (χ1) is 8.41. The summed E-state index contributed by atoms with van der Waals surface area (Å²) in [7, 11) is 0. The topological polar surface area (TPSA) is 40.5 Å². The van der Waals surface area contributed by atoms with Crippen molar-refractivity contribution in [3.05, 3.63) is 35.4 Å². The first kappa shape index (κ1) is 14.7. The van der Waals surface area contributed by atoms with Crippen molar-refractivity contribution >= 4 is 5.97 Å². The lowest BCUT2D eigenvalue weighted by Crippen LogP contribution is -2.34. The van der Waals surface area contributed by atoms with Crippen molar-refractivity contribution in [1.29, 1.82) is 0 Å². The normalized spacial score (nSPS) is 11.5. The zero-order valence-corrected chi connectivity index (χ0v) is 11.7. The van der Waals surface area contributed by atoms with E-state index in [0.29, 0.717) is 24.1 Å². The number of carboxylic acids is 1. The fourth-order valence-electron chi connectivity index (χ4n) is 2.01. The summed E-state index contributed by atoms with van der Waals surface area (Å²) >= 11 is 0. The molecule has 0 spiro atoms. The molecule has 3 nitrogen and oxygen atoms in total. The lowest BCUT2D eigenvalue weighted by Gasteiger charge is -2.28. The molecule has 0 fully saturated rings. The molecule has 1 aromatic rings. The van der Waals surface area contributed by atoms with E-state index < -0.39 is 5.97 Å². The van der Waals surface area contributed by atoms with E-state index >= 15 is 0 Å². The maximum Gasteiger partial charge on any atom is 0.336 e. The molecule has 0 saturated carbocycles. The van der Waals surface area contributed by atoms with Gasteiger partial charge in [0.15, 0.2) is 0 Å². The van der Waals surface area contributed by atoms with Crippen molar-refractivity contribution in [1.82, 2.24) is 4.90 Å². The molecule has 0 aliphatic rings. The maximum atomic E-state index is 11.2. The van der Waals surface area contributed by atoms with Gasteiger partial charge in [-0.2, -0.15) is 0 Å². The highest BCUT2D eigenvalue weighted by atomic mass is 16.4. The molecule has 0 bridgehead atoms. The number of hydrogen-bond donors (Lipinski definition) is 1. The van der Waals surface area contributed by atoms with Gasteiger partial charge in [-0.05, 0) is 31.4 Å². The molecule has 100 valence electrons. The predicted molar refractivity (Wildman–Crippen MR) is 73.8 cm³/mol. The molecule has 0 unspecified atom stereocenters. The van der Waals surface area contributed by atoms with Crippen LogP contribution in [0, 0.1) is 5.92 Å². The van der Waals surface area contributed by atoms with E-state index in [9.17, 15) is 9.90 Å². The summed E-state index contributed by atoms with van der Waals surface area (Å²) in [4.78, 5) is 13.5. The summed E-state index contributed by atoms with van der Waals surface area (Å²) < 4.78 is 0. The first-order valence-corrected chi connectivity index (χ1v) is 6.47. The molecule has 0 heterocycles. The molecule has 3 heteroatoms. The van der Waals surface area contributed by atoms with Gasteiger partial charge in [-0.3, -0.25) is 4.90 Å². The number of carbonyl (C=O) groups is 1. The number of benzene rings is 1. The van der Waals surface area contributed by atoms with Crippen molar-refractivity contribution in [3.8, 4) is 0 Å². The molecule has 1 rings (SSSR count). The maximum absolute atomic E-state index is 11.2. The smallest absolute Gasteiger partial charge is 0.336 e. The van der Waals surface area contributed by atoms with Crippen molar-refractivity contribution in [2.75, 3.05) is 6.54 Å². The fraction of sp³-hybridized carbons (Fsp3) is 0.533. The quantitative estimate of drug-likeness (QED) is 0.841. The summed E-state index contributed by atoms with van der Waals surface area (Å²) in [6, 6.07) is 7.66. The minimum Gasteiger partial charge on any atom is -0.478 e. The molecule has 0 aromatic heterocycles. The Bertz CT molecular complexity index is 399. The van der Waals surface area contributed by atoms with Crippen molar-refractivity contribution in [2.45, 2.75) is 40.3 Å². The van der Waals surface area contributed by atoms with E-state index in [2.05, 4.69) is 32.6 Å². The molecule has 18 heavy (non-hydrogen) atoms. The largest absolute Gasteiger partial charge is 0.478 e. The van der Waals surface area contributed by atoms with Gasteiger partial charge in [0.05, 0.1) is 5.56 Å². The van der Waals surface area contributed by atoms with Crippen LogP contribution in [-0.2, 0) is 6.54 Å². The average Bonchev–Trinajstić information content (AvgIpc) is 2.27. The second kappa shape index (κ2) is 6.55. The Kier molecular flexibility index (Phi) is 5.35. The van der Waals surface area contributed by atoms with Crippen LogP contribution in [0.1, 0.15) is 43.6 Å². The molecule has 0 radical (unpaired) electrons. The van der Waals surface area contributed by atoms with Gasteiger partial charge in [-0.1, -0.05) is 32.0 Å². The number of rotatable bonds is 6. The molecular formula is C15H23NO2. The third-order valence-electron chi connectivity index (χ3n) is 2.95. The number of aromatic carboxylic acids is 1. The summed E-state index contributed by atoms with van der Waals surface area (Å²) in [6.07, 6.45) is 0. The SMILES string of the molecule is CC(C)CN(Cc1ccccc1C(=O)O)C(C)C. The van der Waals surface area contributed by atoms with Crippen LogP contribution in [0.2, 0.25) is 0 Å². The van der Waals surface area contributed by atoms with Gasteiger partial charge in [0.2, 0.25) is 0 Å². The molecule has 0 aliphatic carbocycles. The Labute approximate surface area is 109 Å². The van der Waals surface area contributed by atoms with Crippen LogP contribution in [0.5, 0.6) is 0 Å². The molecule has 0 amide bonds. The highest BCUT2D eigenvalue weighted by Gasteiger charge is 2.15. The van der Waals surface area contributed by atoms with Crippen LogP contribution >= 0.6 is 0 Å². The van der Waals surface area contributed by atoms with E-state index in [-0.39, 0.29) is 0 Å². The van der Waals surface area contributed by atoms with Gasteiger partial charge < -0.3 is 5.11 Å². The van der Waals surface area contributed by atoms with E-state index in [0.717, 1.165) is 12.1 Å². The van der Waals surface area contributed by atoms with Crippen LogP contribution in [0.25, 0.3) is 0 Å². The standard InChI is InChI=1S/C15H23NO2/c1-11(2)9-16(12(3)4)10-13-7-5-6-8-14(13)15(17)18/h5-8,11-12H,9-10H2,1-4H3,(H,17,18). The van der Waals surface area contributed by atoms with E-state index in [4.69, 9.17) is 0 Å². The molecule has 0 atom stereocenters. The van der Waals surface area contributed by atoms with Crippen molar-refractivity contribution in [3.63, 3.8) is 0 Å². The van der Waals surface area contributed by atoms with Crippen LogP contribution in [0.3, 0.4) is 0 Å². The summed E-state index contributed by atoms with van der Waals surface area (Å²) in [6.45, 7) is 10.3. The zero-order valence-electron chi connectivity index (χ0n) is 11.7. The van der Waals surface area contributed by atoms with E-state index in [1.807, 2.05) is 12.1 Å². The monoisotopic (exact) mass is 249 g/mol. The van der Waals surface area contributed by atoms with Crippen molar-refractivity contribution in [2.24, 2.45) is 5.92 Å². The Morgan fingerprint density at radius 1 is 1.22 bits per heavy atom. The Hall–Kier alpha value is -1.35. The van der Waals surface area contributed by atoms with Gasteiger partial charge in [-0.25, -0.2) is 4.79 Å². The Morgan fingerprint density at radius 2 is 1.83 bits per heavy atom. The first-order valence-electron chi connectivity index (χ1n) is 6.47. The summed E-state index contributed by atoms with van der Waals surface area (Å²) in [5, 5.41) is 9.18. The second-order valence-electron chi connectivity index (χ2n) is 5.38. The van der Waals surface area contributed by atoms with Gasteiger partial charge >= 0.3 is 5.97 Å². The van der Waals surface area contributed by atoms with Crippen LogP contribution in [-0.4, -0.2) is 28.6 Å². The minimum absolute atomic E-state index is 0.409. The fourth-order valence-corrected chi connectivity index (χ4v) is 2.01. The summed E-state index contributed by atoms with van der Waals surface area (Å²) in [5.41, 5.74) is 1.30. The Balaban J connectivity index is 2.90. The number of hydrogen-bond acceptors (Lipinski definition) is 2. The third-order valence-corrected chi connectivity index (χ3v) is 2.95. The van der Waals surface area contributed by atoms with Gasteiger partial charge in [-0.15, -0.1) is 0 Å². The molecule has 1 N–H and O–H groups in total. The zero-order chi connectivity index (χ0) is 13.7. The number of nitrogens with zero attached hydrogens (tertiary/aromatic N) is 1. The third kappa shape index (κ3) is 4.15. The molecule has 0 aliphatic heterocycles. The van der Waals surface area contributed by atoms with E-state index in [1.165, 1.54) is 0 Å². The van der Waals surface area contributed by atoms with Crippen LogP contribution < -0.4 is 0 Å². The highest BCUT2D eigenvalue weighted by Crippen LogP contribution is 2.15. The molecule has 1 aromatic carbocycles. The highest BCUT2D eigenvalue weighted by molar-refractivity contribution is 5.89. The van der Waals surface area contributed by atoms with Gasteiger partial charge in [0.25, 0.3) is 0 Å². The van der Waals surface area contributed by atoms with Gasteiger partial charge in [0.1, 0.15) is 0 Å².